The minimum absolute atomic E-state index is 0.283. The van der Waals surface area contributed by atoms with E-state index in [9.17, 15) is 4.79 Å². The molecular weight excluding hydrogens is 160 g/mol. The van der Waals surface area contributed by atoms with Crippen molar-refractivity contribution in [2.75, 3.05) is 0 Å². The van der Waals surface area contributed by atoms with Crippen LogP contribution in [0.5, 0.6) is 0 Å². The first kappa shape index (κ1) is 9.23. The molecule has 1 heteroatoms. The quantitative estimate of drug-likeness (QED) is 0.560. The minimum Gasteiger partial charge on any atom is -0.299 e. The Morgan fingerprint density at radius 3 is 2.69 bits per heavy atom. The molecule has 0 N–H and O–H groups in total. The molecule has 0 amide bonds. The first-order valence-corrected chi connectivity index (χ1v) is 5.55. The highest BCUT2D eigenvalue weighted by molar-refractivity contribution is 5.84. The molecule has 74 valence electrons. The van der Waals surface area contributed by atoms with E-state index in [2.05, 4.69) is 20.8 Å². The van der Waals surface area contributed by atoms with Crippen LogP contribution in [-0.2, 0) is 4.79 Å². The van der Waals surface area contributed by atoms with Crippen molar-refractivity contribution >= 4 is 5.78 Å². The van der Waals surface area contributed by atoms with E-state index in [0.29, 0.717) is 23.5 Å². The van der Waals surface area contributed by atoms with Gasteiger partial charge in [0, 0.05) is 12.3 Å². The largest absolute Gasteiger partial charge is 0.299 e. The van der Waals surface area contributed by atoms with Crippen molar-refractivity contribution in [2.24, 2.45) is 23.2 Å². The van der Waals surface area contributed by atoms with E-state index in [1.54, 1.807) is 0 Å². The Hall–Kier alpha value is -0.330. The van der Waals surface area contributed by atoms with Crippen LogP contribution in [0.4, 0.5) is 0 Å². The molecule has 2 rings (SSSR count). The molecule has 13 heavy (non-hydrogen) atoms. The Morgan fingerprint density at radius 2 is 2.08 bits per heavy atom. The molecule has 2 saturated carbocycles. The van der Waals surface area contributed by atoms with Gasteiger partial charge in [-0.25, -0.2) is 0 Å². The Balaban J connectivity index is 2.27. The molecular formula is C12H20O. The van der Waals surface area contributed by atoms with Crippen LogP contribution < -0.4 is 0 Å². The smallest absolute Gasteiger partial charge is 0.137 e. The van der Waals surface area contributed by atoms with Gasteiger partial charge in [-0.3, -0.25) is 4.79 Å². The maximum Gasteiger partial charge on any atom is 0.137 e. The predicted octanol–water partition coefficient (Wildman–Crippen LogP) is 3.04. The number of rotatable bonds is 0. The van der Waals surface area contributed by atoms with Gasteiger partial charge in [-0.1, -0.05) is 27.2 Å². The lowest BCUT2D eigenvalue weighted by atomic mass is 9.63. The maximum atomic E-state index is 11.8. The van der Waals surface area contributed by atoms with Crippen molar-refractivity contribution in [1.82, 2.24) is 0 Å². The summed E-state index contributed by atoms with van der Waals surface area (Å²) in [7, 11) is 0. The van der Waals surface area contributed by atoms with Crippen LogP contribution in [0.2, 0.25) is 0 Å². The molecule has 2 fully saturated rings. The van der Waals surface area contributed by atoms with E-state index in [1.165, 1.54) is 19.3 Å². The van der Waals surface area contributed by atoms with Gasteiger partial charge in [0.25, 0.3) is 0 Å². The normalized spacial score (nSPS) is 43.3. The zero-order chi connectivity index (χ0) is 9.64. The topological polar surface area (TPSA) is 17.1 Å². The fourth-order valence-electron chi connectivity index (χ4n) is 3.58. The van der Waals surface area contributed by atoms with Gasteiger partial charge >= 0.3 is 0 Å². The van der Waals surface area contributed by atoms with Crippen LogP contribution in [0.3, 0.4) is 0 Å². The molecule has 0 aromatic carbocycles. The van der Waals surface area contributed by atoms with Crippen molar-refractivity contribution in [3.63, 3.8) is 0 Å². The second-order valence-corrected chi connectivity index (χ2v) is 5.67. The second kappa shape index (κ2) is 2.83. The van der Waals surface area contributed by atoms with Gasteiger partial charge in [0.15, 0.2) is 0 Å². The lowest BCUT2D eigenvalue weighted by molar-refractivity contribution is -0.126. The van der Waals surface area contributed by atoms with Crippen LogP contribution in [0, 0.1) is 23.2 Å². The van der Waals surface area contributed by atoms with Gasteiger partial charge in [-0.2, -0.15) is 0 Å². The monoisotopic (exact) mass is 180 g/mol. The van der Waals surface area contributed by atoms with Crippen molar-refractivity contribution < 1.29 is 4.79 Å². The summed E-state index contributed by atoms with van der Waals surface area (Å²) in [6, 6.07) is 0. The summed E-state index contributed by atoms with van der Waals surface area (Å²) in [5.74, 6) is 2.28. The fraction of sp³-hybridized carbons (Fsp3) is 0.917. The number of hydrogen-bond donors (Lipinski definition) is 0. The van der Waals surface area contributed by atoms with Gasteiger partial charge in [0.1, 0.15) is 5.78 Å². The number of fused-ring (bicyclic) bond motifs is 1. The number of carbonyl (C=O) groups excluding carboxylic acids is 1. The van der Waals surface area contributed by atoms with Crippen LogP contribution in [0.25, 0.3) is 0 Å². The average molecular weight is 180 g/mol. The second-order valence-electron chi connectivity index (χ2n) is 5.67. The molecule has 0 aromatic rings. The highest BCUT2D eigenvalue weighted by Gasteiger charge is 2.49. The first-order chi connectivity index (χ1) is 6.02. The predicted molar refractivity (Wildman–Crippen MR) is 53.4 cm³/mol. The molecule has 3 atom stereocenters. The lowest BCUT2D eigenvalue weighted by Gasteiger charge is -2.40. The standard InChI is InChI=1S/C12H20O/c1-8-7-10(13)11-9(8)5-4-6-12(11,2)3/h8-9,11H,4-7H2,1-3H3/t8-,9+,11+/m1/s1. The SMILES string of the molecule is C[C@@H]1CC(=O)[C@@H]2[C@H]1CCCC2(C)C. The van der Waals surface area contributed by atoms with Gasteiger partial charge in [-0.05, 0) is 30.1 Å². The minimum atomic E-state index is 0.283. The summed E-state index contributed by atoms with van der Waals surface area (Å²) in [6.45, 7) is 6.81. The Kier molecular flexibility index (Phi) is 2.01. The van der Waals surface area contributed by atoms with E-state index in [1.807, 2.05) is 0 Å². The summed E-state index contributed by atoms with van der Waals surface area (Å²) in [5, 5.41) is 0. The lowest BCUT2D eigenvalue weighted by Crippen LogP contribution is -2.36. The molecule has 0 unspecified atom stereocenters. The molecule has 0 aromatic heterocycles. The third kappa shape index (κ3) is 1.33. The molecule has 2 aliphatic rings. The van der Waals surface area contributed by atoms with E-state index >= 15 is 0 Å². The fourth-order valence-corrected chi connectivity index (χ4v) is 3.58. The summed E-state index contributed by atoms with van der Waals surface area (Å²) in [4.78, 5) is 11.8. The summed E-state index contributed by atoms with van der Waals surface area (Å²) in [5.41, 5.74) is 0.283. The third-order valence-corrected chi connectivity index (χ3v) is 4.23. The van der Waals surface area contributed by atoms with Crippen LogP contribution in [0.1, 0.15) is 46.5 Å². The summed E-state index contributed by atoms with van der Waals surface area (Å²) in [6.07, 6.45) is 4.71. The number of carbonyl (C=O) groups is 1. The van der Waals surface area contributed by atoms with Gasteiger partial charge in [0.2, 0.25) is 0 Å². The zero-order valence-electron chi connectivity index (χ0n) is 8.97. The van der Waals surface area contributed by atoms with Crippen LogP contribution >= 0.6 is 0 Å². The summed E-state index contributed by atoms with van der Waals surface area (Å²) >= 11 is 0. The zero-order valence-corrected chi connectivity index (χ0v) is 8.97. The number of Topliss-reactive ketones (excluding diaryl/α,β-unsaturated/α-hetero) is 1. The molecule has 0 aliphatic heterocycles. The highest BCUT2D eigenvalue weighted by atomic mass is 16.1. The van der Waals surface area contributed by atoms with Crippen LogP contribution in [0.15, 0.2) is 0 Å². The Labute approximate surface area is 80.9 Å². The van der Waals surface area contributed by atoms with Crippen molar-refractivity contribution in [1.29, 1.82) is 0 Å². The van der Waals surface area contributed by atoms with Crippen molar-refractivity contribution in [3.05, 3.63) is 0 Å². The van der Waals surface area contributed by atoms with Crippen LogP contribution in [-0.4, -0.2) is 5.78 Å². The Bertz CT molecular complexity index is 229. The Morgan fingerprint density at radius 1 is 1.38 bits per heavy atom. The van der Waals surface area contributed by atoms with Gasteiger partial charge in [0.05, 0.1) is 0 Å². The first-order valence-electron chi connectivity index (χ1n) is 5.55. The molecule has 0 saturated heterocycles. The van der Waals surface area contributed by atoms with E-state index in [-0.39, 0.29) is 5.41 Å². The number of hydrogen-bond acceptors (Lipinski definition) is 1. The van der Waals surface area contributed by atoms with Gasteiger partial charge in [-0.15, -0.1) is 0 Å². The molecule has 1 nitrogen and oxygen atoms in total. The van der Waals surface area contributed by atoms with E-state index in [0.717, 1.165) is 6.42 Å². The van der Waals surface area contributed by atoms with Gasteiger partial charge < -0.3 is 0 Å². The third-order valence-electron chi connectivity index (χ3n) is 4.23. The molecule has 0 bridgehead atoms. The van der Waals surface area contributed by atoms with E-state index < -0.39 is 0 Å². The summed E-state index contributed by atoms with van der Waals surface area (Å²) < 4.78 is 0. The molecule has 0 spiro atoms. The van der Waals surface area contributed by atoms with Crippen molar-refractivity contribution in [2.45, 2.75) is 46.5 Å². The average Bonchev–Trinajstić information content (AvgIpc) is 2.27. The highest BCUT2D eigenvalue weighted by Crippen LogP contribution is 2.52. The molecule has 0 heterocycles. The maximum absolute atomic E-state index is 11.8. The molecule has 0 radical (unpaired) electrons. The van der Waals surface area contributed by atoms with E-state index in [4.69, 9.17) is 0 Å². The number of ketones is 1. The molecule has 2 aliphatic carbocycles. The van der Waals surface area contributed by atoms with Crippen molar-refractivity contribution in [3.8, 4) is 0 Å².